The Kier molecular flexibility index (Phi) is 5.42. The van der Waals surface area contributed by atoms with Gasteiger partial charge in [-0.25, -0.2) is 4.98 Å². The molecule has 114 valence electrons. The van der Waals surface area contributed by atoms with Crippen molar-refractivity contribution in [3.05, 3.63) is 50.4 Å². The highest BCUT2D eigenvalue weighted by Gasteiger charge is 2.20. The average Bonchev–Trinajstić information content (AvgIpc) is 2.89. The molecule has 0 bridgehead atoms. The number of halogens is 1. The van der Waals surface area contributed by atoms with Crippen LogP contribution in [0.4, 0.5) is 0 Å². The van der Waals surface area contributed by atoms with Crippen LogP contribution < -0.4 is 5.32 Å². The Morgan fingerprint density at radius 1 is 1.19 bits per heavy atom. The van der Waals surface area contributed by atoms with E-state index in [1.807, 2.05) is 13.0 Å². The Labute approximate surface area is 136 Å². The maximum atomic E-state index is 6.29. The third kappa shape index (κ3) is 4.06. The number of thiazole rings is 1. The maximum absolute atomic E-state index is 6.29. The fourth-order valence-corrected chi connectivity index (χ4v) is 3.38. The summed E-state index contributed by atoms with van der Waals surface area (Å²) in [6.45, 7) is 10.7. The molecule has 0 aliphatic heterocycles. The molecule has 2 rings (SSSR count). The molecule has 1 atom stereocenters. The van der Waals surface area contributed by atoms with Crippen LogP contribution in [0.2, 0.25) is 5.02 Å². The highest BCUT2D eigenvalue weighted by Crippen LogP contribution is 2.30. The highest BCUT2D eigenvalue weighted by molar-refractivity contribution is 7.09. The zero-order valence-corrected chi connectivity index (χ0v) is 14.8. The Hall–Kier alpha value is -0.900. The molecule has 0 spiro atoms. The van der Waals surface area contributed by atoms with Gasteiger partial charge in [0.1, 0.15) is 5.01 Å². The fourth-order valence-electron chi connectivity index (χ4n) is 2.13. The summed E-state index contributed by atoms with van der Waals surface area (Å²) in [7, 11) is 0. The molecule has 1 aromatic carbocycles. The van der Waals surface area contributed by atoms with Gasteiger partial charge in [0.15, 0.2) is 0 Å². The van der Waals surface area contributed by atoms with Gasteiger partial charge in [0.2, 0.25) is 0 Å². The lowest BCUT2D eigenvalue weighted by Gasteiger charge is -2.20. The van der Waals surface area contributed by atoms with E-state index in [0.717, 1.165) is 21.3 Å². The first-order valence-electron chi connectivity index (χ1n) is 7.36. The second-order valence-corrected chi connectivity index (χ2v) is 7.33. The second kappa shape index (κ2) is 6.91. The van der Waals surface area contributed by atoms with Crippen molar-refractivity contribution in [1.82, 2.24) is 10.3 Å². The standard InChI is InChI=1S/C17H23ClN2S/c1-10(2)15-9-21-17(20-15)16(19-11(3)4)13-7-6-12(5)14(18)8-13/h6-11,16,19H,1-5H3. The zero-order valence-electron chi connectivity index (χ0n) is 13.3. The van der Waals surface area contributed by atoms with E-state index in [4.69, 9.17) is 16.6 Å². The average molecular weight is 323 g/mol. The van der Waals surface area contributed by atoms with E-state index in [0.29, 0.717) is 12.0 Å². The molecule has 0 radical (unpaired) electrons. The third-order valence-corrected chi connectivity index (χ3v) is 4.74. The number of rotatable bonds is 5. The molecule has 0 saturated heterocycles. The summed E-state index contributed by atoms with van der Waals surface area (Å²) < 4.78 is 0. The van der Waals surface area contributed by atoms with Gasteiger partial charge in [-0.05, 0) is 43.9 Å². The van der Waals surface area contributed by atoms with Gasteiger partial charge in [0.05, 0.1) is 11.7 Å². The molecule has 0 fully saturated rings. The SMILES string of the molecule is Cc1ccc(C(NC(C)C)c2nc(C(C)C)cs2)cc1Cl. The molecular formula is C17H23ClN2S. The van der Waals surface area contributed by atoms with Crippen molar-refractivity contribution in [1.29, 1.82) is 0 Å². The smallest absolute Gasteiger partial charge is 0.114 e. The number of aryl methyl sites for hydroxylation is 1. The van der Waals surface area contributed by atoms with Crippen LogP contribution in [0, 0.1) is 6.92 Å². The summed E-state index contributed by atoms with van der Waals surface area (Å²) in [5.41, 5.74) is 3.43. The molecule has 0 amide bonds. The molecule has 1 N–H and O–H groups in total. The number of hydrogen-bond acceptors (Lipinski definition) is 3. The molecule has 1 unspecified atom stereocenters. The van der Waals surface area contributed by atoms with Gasteiger partial charge in [-0.15, -0.1) is 11.3 Å². The lowest BCUT2D eigenvalue weighted by molar-refractivity contribution is 0.525. The van der Waals surface area contributed by atoms with Crippen LogP contribution in [0.1, 0.15) is 61.5 Å². The van der Waals surface area contributed by atoms with Gasteiger partial charge in [-0.1, -0.05) is 37.6 Å². The van der Waals surface area contributed by atoms with Crippen molar-refractivity contribution in [3.63, 3.8) is 0 Å². The summed E-state index contributed by atoms with van der Waals surface area (Å²) in [5, 5.41) is 7.67. The van der Waals surface area contributed by atoms with Gasteiger partial charge in [-0.2, -0.15) is 0 Å². The van der Waals surface area contributed by atoms with Gasteiger partial charge in [0, 0.05) is 16.4 Å². The van der Waals surface area contributed by atoms with E-state index in [9.17, 15) is 0 Å². The first-order valence-corrected chi connectivity index (χ1v) is 8.61. The van der Waals surface area contributed by atoms with Gasteiger partial charge < -0.3 is 5.32 Å². The molecule has 2 aromatic rings. The van der Waals surface area contributed by atoms with E-state index in [2.05, 4.69) is 50.5 Å². The number of nitrogens with zero attached hydrogens (tertiary/aromatic N) is 1. The molecule has 1 aromatic heterocycles. The van der Waals surface area contributed by atoms with Crippen LogP contribution in [-0.4, -0.2) is 11.0 Å². The second-order valence-electron chi connectivity index (χ2n) is 6.03. The van der Waals surface area contributed by atoms with E-state index in [1.54, 1.807) is 11.3 Å². The summed E-state index contributed by atoms with van der Waals surface area (Å²) >= 11 is 8.01. The van der Waals surface area contributed by atoms with Crippen molar-refractivity contribution in [2.24, 2.45) is 0 Å². The Morgan fingerprint density at radius 2 is 1.90 bits per heavy atom. The monoisotopic (exact) mass is 322 g/mol. The minimum Gasteiger partial charge on any atom is -0.302 e. The van der Waals surface area contributed by atoms with Crippen LogP contribution in [0.5, 0.6) is 0 Å². The molecule has 0 saturated carbocycles. The molecule has 0 aliphatic rings. The number of aromatic nitrogens is 1. The minimum absolute atomic E-state index is 0.0978. The van der Waals surface area contributed by atoms with E-state index < -0.39 is 0 Å². The van der Waals surface area contributed by atoms with Gasteiger partial charge >= 0.3 is 0 Å². The Balaban J connectivity index is 2.39. The zero-order chi connectivity index (χ0) is 15.6. The molecule has 21 heavy (non-hydrogen) atoms. The summed E-state index contributed by atoms with van der Waals surface area (Å²) in [6, 6.07) is 6.73. The number of benzene rings is 1. The van der Waals surface area contributed by atoms with Crippen molar-refractivity contribution >= 4 is 22.9 Å². The lowest BCUT2D eigenvalue weighted by atomic mass is 10.0. The number of nitrogens with one attached hydrogen (secondary N) is 1. The lowest BCUT2D eigenvalue weighted by Crippen LogP contribution is -2.29. The molecular weight excluding hydrogens is 300 g/mol. The molecule has 4 heteroatoms. The quantitative estimate of drug-likeness (QED) is 0.806. The molecule has 2 nitrogen and oxygen atoms in total. The maximum Gasteiger partial charge on any atom is 0.114 e. The van der Waals surface area contributed by atoms with Crippen LogP contribution in [-0.2, 0) is 0 Å². The first kappa shape index (κ1) is 16.5. The van der Waals surface area contributed by atoms with E-state index >= 15 is 0 Å². The summed E-state index contributed by atoms with van der Waals surface area (Å²) in [6.07, 6.45) is 0. The molecule has 1 heterocycles. The van der Waals surface area contributed by atoms with Crippen LogP contribution in [0.25, 0.3) is 0 Å². The predicted octanol–water partition coefficient (Wildman–Crippen LogP) is 5.32. The van der Waals surface area contributed by atoms with E-state index in [-0.39, 0.29) is 6.04 Å². The van der Waals surface area contributed by atoms with Gasteiger partial charge in [0.25, 0.3) is 0 Å². The van der Waals surface area contributed by atoms with Crippen molar-refractivity contribution in [2.75, 3.05) is 0 Å². The van der Waals surface area contributed by atoms with Crippen LogP contribution in [0.15, 0.2) is 23.6 Å². The predicted molar refractivity (Wildman–Crippen MR) is 92.5 cm³/mol. The van der Waals surface area contributed by atoms with Gasteiger partial charge in [-0.3, -0.25) is 0 Å². The molecule has 0 aliphatic carbocycles. The topological polar surface area (TPSA) is 24.9 Å². The van der Waals surface area contributed by atoms with Crippen molar-refractivity contribution in [2.45, 2.75) is 52.6 Å². The van der Waals surface area contributed by atoms with Crippen molar-refractivity contribution in [3.8, 4) is 0 Å². The van der Waals surface area contributed by atoms with Crippen molar-refractivity contribution < 1.29 is 0 Å². The highest BCUT2D eigenvalue weighted by atomic mass is 35.5. The Morgan fingerprint density at radius 3 is 2.43 bits per heavy atom. The van der Waals surface area contributed by atoms with Crippen LogP contribution in [0.3, 0.4) is 0 Å². The van der Waals surface area contributed by atoms with Crippen LogP contribution >= 0.6 is 22.9 Å². The third-order valence-electron chi connectivity index (χ3n) is 3.41. The van der Waals surface area contributed by atoms with E-state index in [1.165, 1.54) is 5.56 Å². The fraction of sp³-hybridized carbons (Fsp3) is 0.471. The summed E-state index contributed by atoms with van der Waals surface area (Å²) in [4.78, 5) is 4.80. The first-order chi connectivity index (χ1) is 9.88. The number of hydrogen-bond donors (Lipinski definition) is 1. The normalized spacial score (nSPS) is 13.1. The minimum atomic E-state index is 0.0978. The largest absolute Gasteiger partial charge is 0.302 e. The summed E-state index contributed by atoms with van der Waals surface area (Å²) in [5.74, 6) is 0.455. The Bertz CT molecular complexity index is 605.